The molecule has 0 spiro atoms. The van der Waals surface area contributed by atoms with Gasteiger partial charge in [0.2, 0.25) is 0 Å². The first kappa shape index (κ1) is 13.9. The Morgan fingerprint density at radius 3 is 2.80 bits per heavy atom. The second-order valence-electron chi connectivity index (χ2n) is 4.68. The Hall–Kier alpha value is -1.10. The van der Waals surface area contributed by atoms with Crippen molar-refractivity contribution in [3.8, 4) is 0 Å². The molecule has 104 valence electrons. The molecule has 0 saturated carbocycles. The molecule has 0 saturated heterocycles. The van der Waals surface area contributed by atoms with Gasteiger partial charge in [-0.1, -0.05) is 11.6 Å². The van der Waals surface area contributed by atoms with Crippen molar-refractivity contribution in [2.45, 2.75) is 25.8 Å². The number of hydrogen-bond acceptors (Lipinski definition) is 3. The van der Waals surface area contributed by atoms with E-state index in [1.54, 1.807) is 17.5 Å². The average molecular weight is 326 g/mol. The number of aromatic nitrogens is 3. The van der Waals surface area contributed by atoms with Crippen LogP contribution in [0.1, 0.15) is 28.6 Å². The summed E-state index contributed by atoms with van der Waals surface area (Å²) in [4.78, 5) is 10.3. The smallest absolute Gasteiger partial charge is 0.160 e. The molecule has 0 aliphatic heterocycles. The molecule has 0 fully saturated rings. The summed E-state index contributed by atoms with van der Waals surface area (Å²) < 4.78 is 2.86. The van der Waals surface area contributed by atoms with Gasteiger partial charge in [0.15, 0.2) is 5.65 Å². The first-order valence-electron chi connectivity index (χ1n) is 6.26. The van der Waals surface area contributed by atoms with Gasteiger partial charge in [-0.3, -0.25) is 0 Å². The fraction of sp³-hybridized carbons (Fsp3) is 0.286. The normalized spacial score (nSPS) is 13.0. The monoisotopic (exact) mass is 325 g/mol. The molecule has 3 aromatic heterocycles. The van der Waals surface area contributed by atoms with Gasteiger partial charge in [-0.25, -0.2) is 9.97 Å². The average Bonchev–Trinajstić information content (AvgIpc) is 2.96. The van der Waals surface area contributed by atoms with E-state index < -0.39 is 0 Å². The van der Waals surface area contributed by atoms with Crippen LogP contribution in [0, 0.1) is 6.92 Å². The Morgan fingerprint density at radius 1 is 1.35 bits per heavy atom. The van der Waals surface area contributed by atoms with E-state index in [1.807, 2.05) is 32.0 Å². The van der Waals surface area contributed by atoms with E-state index in [4.69, 9.17) is 23.2 Å². The van der Waals surface area contributed by atoms with Gasteiger partial charge < -0.3 is 4.57 Å². The van der Waals surface area contributed by atoms with Gasteiger partial charge in [0.25, 0.3) is 0 Å². The van der Waals surface area contributed by atoms with Crippen molar-refractivity contribution in [2.24, 2.45) is 0 Å². The number of hydrogen-bond donors (Lipinski definition) is 0. The molecule has 3 heterocycles. The highest BCUT2D eigenvalue weighted by Crippen LogP contribution is 2.28. The predicted octanol–water partition coefficient (Wildman–Crippen LogP) is 4.80. The minimum atomic E-state index is -0.168. The molecule has 0 aromatic carbocycles. The number of alkyl halides is 1. The van der Waals surface area contributed by atoms with Crippen molar-refractivity contribution in [3.05, 3.63) is 45.0 Å². The van der Waals surface area contributed by atoms with E-state index in [9.17, 15) is 0 Å². The lowest BCUT2D eigenvalue weighted by Crippen LogP contribution is -2.05. The van der Waals surface area contributed by atoms with Crippen LogP contribution in [0.3, 0.4) is 0 Å². The summed E-state index contributed by atoms with van der Waals surface area (Å²) in [5.41, 5.74) is 2.89. The van der Waals surface area contributed by atoms with Crippen LogP contribution in [0.2, 0.25) is 4.34 Å². The van der Waals surface area contributed by atoms with E-state index in [-0.39, 0.29) is 5.38 Å². The lowest BCUT2D eigenvalue weighted by atomic mass is 10.3. The molecule has 3 nitrogen and oxygen atoms in total. The Labute approximate surface area is 131 Å². The van der Waals surface area contributed by atoms with Crippen LogP contribution in [0.25, 0.3) is 11.2 Å². The number of pyridine rings is 1. The highest BCUT2D eigenvalue weighted by Gasteiger charge is 2.17. The number of imidazole rings is 1. The second kappa shape index (κ2) is 5.35. The lowest BCUT2D eigenvalue weighted by molar-refractivity contribution is 0.744. The minimum Gasteiger partial charge on any atom is -0.306 e. The van der Waals surface area contributed by atoms with Crippen LogP contribution in [-0.2, 0) is 6.54 Å². The molecule has 3 rings (SSSR count). The number of thiophene rings is 1. The highest BCUT2D eigenvalue weighted by molar-refractivity contribution is 7.16. The fourth-order valence-electron chi connectivity index (χ4n) is 2.21. The number of nitrogens with zero attached hydrogens (tertiary/aromatic N) is 3. The van der Waals surface area contributed by atoms with Gasteiger partial charge in [-0.05, 0) is 37.6 Å². The number of rotatable bonds is 3. The summed E-state index contributed by atoms with van der Waals surface area (Å²) >= 11 is 13.8. The van der Waals surface area contributed by atoms with E-state index in [0.717, 1.165) is 31.8 Å². The zero-order chi connectivity index (χ0) is 14.3. The summed E-state index contributed by atoms with van der Waals surface area (Å²) in [6.07, 6.45) is 1.81. The standard InChI is InChI=1S/C14H13Cl2N3S/c1-8-5-6-17-14-12(8)18-13(9(2)15)19(14)7-10-3-4-11(16)20-10/h3-6,9H,7H2,1-2H3. The second-order valence-corrected chi connectivity index (χ2v) is 7.13. The van der Waals surface area contributed by atoms with Crippen LogP contribution in [-0.4, -0.2) is 14.5 Å². The van der Waals surface area contributed by atoms with Gasteiger partial charge in [-0.15, -0.1) is 22.9 Å². The lowest BCUT2D eigenvalue weighted by Gasteiger charge is -2.08. The zero-order valence-electron chi connectivity index (χ0n) is 11.1. The molecule has 20 heavy (non-hydrogen) atoms. The third-order valence-corrected chi connectivity index (χ3v) is 4.57. The van der Waals surface area contributed by atoms with Crippen LogP contribution < -0.4 is 0 Å². The van der Waals surface area contributed by atoms with Crippen molar-refractivity contribution in [3.63, 3.8) is 0 Å². The topological polar surface area (TPSA) is 30.7 Å². The van der Waals surface area contributed by atoms with Crippen LogP contribution in [0.15, 0.2) is 24.4 Å². The van der Waals surface area contributed by atoms with E-state index >= 15 is 0 Å². The summed E-state index contributed by atoms with van der Waals surface area (Å²) in [6, 6.07) is 5.89. The zero-order valence-corrected chi connectivity index (χ0v) is 13.4. The van der Waals surface area contributed by atoms with Crippen LogP contribution in [0.5, 0.6) is 0 Å². The molecular weight excluding hydrogens is 313 g/mol. The van der Waals surface area contributed by atoms with Crippen LogP contribution >= 0.6 is 34.5 Å². The van der Waals surface area contributed by atoms with Gasteiger partial charge in [-0.2, -0.15) is 0 Å². The first-order valence-corrected chi connectivity index (χ1v) is 7.89. The van der Waals surface area contributed by atoms with Gasteiger partial charge in [0.1, 0.15) is 11.3 Å². The maximum atomic E-state index is 6.27. The van der Waals surface area contributed by atoms with Crippen molar-refractivity contribution in [1.82, 2.24) is 14.5 Å². The molecule has 0 aliphatic rings. The summed E-state index contributed by atoms with van der Waals surface area (Å²) in [5, 5.41) is -0.168. The molecule has 0 amide bonds. The third-order valence-electron chi connectivity index (χ3n) is 3.16. The van der Waals surface area contributed by atoms with Crippen molar-refractivity contribution in [1.29, 1.82) is 0 Å². The Kier molecular flexibility index (Phi) is 3.71. The third kappa shape index (κ3) is 2.43. The maximum absolute atomic E-state index is 6.27. The van der Waals surface area contributed by atoms with Crippen LogP contribution in [0.4, 0.5) is 0 Å². The number of aryl methyl sites for hydroxylation is 1. The molecule has 6 heteroatoms. The Balaban J connectivity index is 2.16. The molecule has 1 unspecified atom stereocenters. The van der Waals surface area contributed by atoms with Crippen molar-refractivity contribution in [2.75, 3.05) is 0 Å². The Bertz CT molecular complexity index is 761. The van der Waals surface area contributed by atoms with E-state index in [1.165, 1.54) is 0 Å². The largest absolute Gasteiger partial charge is 0.306 e. The summed E-state index contributed by atoms with van der Waals surface area (Å²) in [5.74, 6) is 0.841. The minimum absolute atomic E-state index is 0.168. The van der Waals surface area contributed by atoms with Crippen molar-refractivity contribution >= 4 is 45.7 Å². The molecule has 3 aromatic rings. The number of halogens is 2. The van der Waals surface area contributed by atoms with Gasteiger partial charge >= 0.3 is 0 Å². The predicted molar refractivity (Wildman–Crippen MR) is 85.0 cm³/mol. The summed E-state index contributed by atoms with van der Waals surface area (Å²) in [7, 11) is 0. The highest BCUT2D eigenvalue weighted by atomic mass is 35.5. The SMILES string of the molecule is Cc1ccnc2c1nc(C(C)Cl)n2Cc1ccc(Cl)s1. The Morgan fingerprint density at radius 2 is 2.15 bits per heavy atom. The molecule has 1 atom stereocenters. The molecule has 0 bridgehead atoms. The van der Waals surface area contributed by atoms with E-state index in [2.05, 4.69) is 14.5 Å². The molecular formula is C14H13Cl2N3S. The quantitative estimate of drug-likeness (QED) is 0.647. The van der Waals surface area contributed by atoms with E-state index in [0.29, 0.717) is 6.54 Å². The van der Waals surface area contributed by atoms with Gasteiger partial charge in [0.05, 0.1) is 16.3 Å². The first-order chi connectivity index (χ1) is 9.56. The fourth-order valence-corrected chi connectivity index (χ4v) is 3.45. The molecule has 0 aliphatic carbocycles. The maximum Gasteiger partial charge on any atom is 0.160 e. The van der Waals surface area contributed by atoms with Crippen molar-refractivity contribution < 1.29 is 0 Å². The van der Waals surface area contributed by atoms with Gasteiger partial charge in [0, 0.05) is 11.1 Å². The summed E-state index contributed by atoms with van der Waals surface area (Å²) in [6.45, 7) is 4.65. The molecule has 0 N–H and O–H groups in total. The number of fused-ring (bicyclic) bond motifs is 1. The molecule has 0 radical (unpaired) electrons.